The highest BCUT2D eigenvalue weighted by atomic mass is 19.4. The van der Waals surface area contributed by atoms with Gasteiger partial charge in [-0.1, -0.05) is 13.8 Å². The highest BCUT2D eigenvalue weighted by Crippen LogP contribution is 2.55. The summed E-state index contributed by atoms with van der Waals surface area (Å²) in [7, 11) is 0. The molecule has 0 radical (unpaired) electrons. The Bertz CT molecular complexity index is 249. The average Bonchev–Trinajstić information content (AvgIpc) is 2.24. The average molecular weight is 210 g/mol. The maximum atomic E-state index is 12.7. The van der Waals surface area contributed by atoms with Crippen LogP contribution in [0, 0.1) is 17.3 Å². The van der Waals surface area contributed by atoms with Crippen molar-refractivity contribution in [2.45, 2.75) is 32.9 Å². The van der Waals surface area contributed by atoms with Crippen molar-refractivity contribution in [3.05, 3.63) is 0 Å². The molecule has 0 saturated heterocycles. The standard InChI is InChI=1S/C9H13F3O2/c1-5-3-6(2)8(4-5,7(13)14)9(10,11)12/h5-6H,3-4H2,1-2H3,(H,13,14). The summed E-state index contributed by atoms with van der Waals surface area (Å²) in [6, 6.07) is 0. The lowest BCUT2D eigenvalue weighted by molar-refractivity contribution is -0.240. The zero-order valence-electron chi connectivity index (χ0n) is 8.06. The van der Waals surface area contributed by atoms with E-state index in [9.17, 15) is 18.0 Å². The first-order chi connectivity index (χ1) is 6.22. The summed E-state index contributed by atoms with van der Waals surface area (Å²) in [4.78, 5) is 10.8. The lowest BCUT2D eigenvalue weighted by Gasteiger charge is -2.31. The van der Waals surface area contributed by atoms with E-state index >= 15 is 0 Å². The number of carbonyl (C=O) groups is 1. The van der Waals surface area contributed by atoms with E-state index in [1.807, 2.05) is 0 Å². The lowest BCUT2D eigenvalue weighted by atomic mass is 9.78. The third-order valence-corrected chi connectivity index (χ3v) is 3.16. The third kappa shape index (κ3) is 1.38. The summed E-state index contributed by atoms with van der Waals surface area (Å²) in [6.07, 6.45) is -4.62. The van der Waals surface area contributed by atoms with E-state index in [0.29, 0.717) is 6.42 Å². The lowest BCUT2D eigenvalue weighted by Crippen LogP contribution is -2.47. The van der Waals surface area contributed by atoms with Crippen molar-refractivity contribution in [2.24, 2.45) is 17.3 Å². The number of hydrogen-bond donors (Lipinski definition) is 1. The van der Waals surface area contributed by atoms with Crippen LogP contribution in [0.25, 0.3) is 0 Å². The minimum absolute atomic E-state index is 0.178. The maximum Gasteiger partial charge on any atom is 0.405 e. The molecule has 2 nitrogen and oxygen atoms in total. The first-order valence-electron chi connectivity index (χ1n) is 4.52. The van der Waals surface area contributed by atoms with Crippen LogP contribution in [0.5, 0.6) is 0 Å². The molecule has 0 aliphatic heterocycles. The number of carboxylic acids is 1. The minimum atomic E-state index is -4.65. The van der Waals surface area contributed by atoms with Gasteiger partial charge in [-0.25, -0.2) is 0 Å². The van der Waals surface area contributed by atoms with Crippen molar-refractivity contribution in [3.8, 4) is 0 Å². The van der Waals surface area contributed by atoms with E-state index in [4.69, 9.17) is 5.11 Å². The van der Waals surface area contributed by atoms with Crippen molar-refractivity contribution in [1.29, 1.82) is 0 Å². The van der Waals surface area contributed by atoms with E-state index in [2.05, 4.69) is 0 Å². The molecule has 5 heteroatoms. The predicted octanol–water partition coefficient (Wildman–Crippen LogP) is 2.69. The van der Waals surface area contributed by atoms with Gasteiger partial charge in [0.05, 0.1) is 0 Å². The van der Waals surface area contributed by atoms with E-state index in [0.717, 1.165) is 0 Å². The Morgan fingerprint density at radius 2 is 1.93 bits per heavy atom. The number of aliphatic carboxylic acids is 1. The first kappa shape index (κ1) is 11.3. The molecule has 1 fully saturated rings. The van der Waals surface area contributed by atoms with E-state index in [-0.39, 0.29) is 12.3 Å². The van der Waals surface area contributed by atoms with E-state index < -0.39 is 23.5 Å². The predicted molar refractivity (Wildman–Crippen MR) is 43.7 cm³/mol. The molecule has 0 aromatic rings. The molecule has 1 aliphatic rings. The van der Waals surface area contributed by atoms with Crippen LogP contribution in [-0.4, -0.2) is 17.3 Å². The number of alkyl halides is 3. The Labute approximate surface area is 80.1 Å². The highest BCUT2D eigenvalue weighted by molar-refractivity contribution is 5.76. The van der Waals surface area contributed by atoms with Gasteiger partial charge in [-0.15, -0.1) is 0 Å². The van der Waals surface area contributed by atoms with Gasteiger partial charge in [0.2, 0.25) is 0 Å². The molecule has 1 saturated carbocycles. The van der Waals surface area contributed by atoms with Gasteiger partial charge in [-0.2, -0.15) is 13.2 Å². The molecule has 3 unspecified atom stereocenters. The molecule has 82 valence electrons. The topological polar surface area (TPSA) is 37.3 Å². The van der Waals surface area contributed by atoms with Crippen molar-refractivity contribution in [2.75, 3.05) is 0 Å². The molecule has 0 amide bonds. The zero-order valence-corrected chi connectivity index (χ0v) is 8.06. The molecular formula is C9H13F3O2. The van der Waals surface area contributed by atoms with Crippen LogP contribution in [0.2, 0.25) is 0 Å². The summed E-state index contributed by atoms with van der Waals surface area (Å²) in [6.45, 7) is 3.03. The number of carboxylic acid groups (broad SMARTS) is 1. The molecule has 0 aromatic carbocycles. The van der Waals surface area contributed by atoms with Crippen LogP contribution in [0.1, 0.15) is 26.7 Å². The van der Waals surface area contributed by atoms with Gasteiger partial charge in [0.1, 0.15) is 0 Å². The molecule has 1 N–H and O–H groups in total. The van der Waals surface area contributed by atoms with Crippen LogP contribution < -0.4 is 0 Å². The highest BCUT2D eigenvalue weighted by Gasteiger charge is 2.66. The second-order valence-corrected chi connectivity index (χ2v) is 4.22. The van der Waals surface area contributed by atoms with E-state index in [1.165, 1.54) is 6.92 Å². The number of halogens is 3. The van der Waals surface area contributed by atoms with Crippen molar-refractivity contribution in [3.63, 3.8) is 0 Å². The maximum absolute atomic E-state index is 12.7. The fourth-order valence-corrected chi connectivity index (χ4v) is 2.45. The molecule has 0 spiro atoms. The van der Waals surface area contributed by atoms with Crippen molar-refractivity contribution >= 4 is 5.97 Å². The van der Waals surface area contributed by atoms with E-state index in [1.54, 1.807) is 6.92 Å². The summed E-state index contributed by atoms with van der Waals surface area (Å²) in [5.41, 5.74) is -2.52. The molecule has 0 bridgehead atoms. The smallest absolute Gasteiger partial charge is 0.405 e. The third-order valence-electron chi connectivity index (χ3n) is 3.16. The Hall–Kier alpha value is -0.740. The van der Waals surface area contributed by atoms with Gasteiger partial charge in [0, 0.05) is 0 Å². The summed E-state index contributed by atoms with van der Waals surface area (Å²) < 4.78 is 38.1. The Kier molecular flexibility index (Phi) is 2.54. The molecule has 1 rings (SSSR count). The first-order valence-corrected chi connectivity index (χ1v) is 4.52. The molecule has 14 heavy (non-hydrogen) atoms. The Morgan fingerprint density at radius 3 is 2.07 bits per heavy atom. The largest absolute Gasteiger partial charge is 0.481 e. The van der Waals surface area contributed by atoms with Gasteiger partial charge in [0.15, 0.2) is 5.41 Å². The molecule has 3 atom stereocenters. The minimum Gasteiger partial charge on any atom is -0.481 e. The van der Waals surface area contributed by atoms with Crippen LogP contribution in [0.3, 0.4) is 0 Å². The summed E-state index contributed by atoms with van der Waals surface area (Å²) in [5.74, 6) is -2.75. The monoisotopic (exact) mass is 210 g/mol. The molecule has 0 aromatic heterocycles. The number of rotatable bonds is 1. The molecular weight excluding hydrogens is 197 g/mol. The fraction of sp³-hybridized carbons (Fsp3) is 0.889. The van der Waals surface area contributed by atoms with Crippen LogP contribution in [-0.2, 0) is 4.79 Å². The molecule has 1 aliphatic carbocycles. The van der Waals surface area contributed by atoms with Crippen LogP contribution in [0.15, 0.2) is 0 Å². The number of hydrogen-bond acceptors (Lipinski definition) is 1. The SMILES string of the molecule is CC1CC(C)C(C(=O)O)(C(F)(F)F)C1. The Morgan fingerprint density at radius 1 is 1.43 bits per heavy atom. The second-order valence-electron chi connectivity index (χ2n) is 4.22. The van der Waals surface area contributed by atoms with Gasteiger partial charge in [-0.3, -0.25) is 4.79 Å². The zero-order chi connectivity index (χ0) is 11.1. The summed E-state index contributed by atoms with van der Waals surface area (Å²) in [5, 5.41) is 8.77. The van der Waals surface area contributed by atoms with Crippen molar-refractivity contribution in [1.82, 2.24) is 0 Å². The molecule has 0 heterocycles. The quantitative estimate of drug-likeness (QED) is 0.722. The van der Waals surface area contributed by atoms with Gasteiger partial charge in [0.25, 0.3) is 0 Å². The van der Waals surface area contributed by atoms with Crippen molar-refractivity contribution < 1.29 is 23.1 Å². The van der Waals surface area contributed by atoms with Gasteiger partial charge >= 0.3 is 12.1 Å². The van der Waals surface area contributed by atoms with Gasteiger partial charge in [-0.05, 0) is 24.7 Å². The van der Waals surface area contributed by atoms with Gasteiger partial charge < -0.3 is 5.11 Å². The van der Waals surface area contributed by atoms with Crippen LogP contribution in [0.4, 0.5) is 13.2 Å². The summed E-state index contributed by atoms with van der Waals surface area (Å²) >= 11 is 0. The van der Waals surface area contributed by atoms with Crippen LogP contribution >= 0.6 is 0 Å². The Balaban J connectivity index is 3.12. The normalized spacial score (nSPS) is 38.6. The second kappa shape index (κ2) is 3.14. The fourth-order valence-electron chi connectivity index (χ4n) is 2.45.